The monoisotopic (exact) mass is 690 g/mol. The summed E-state index contributed by atoms with van der Waals surface area (Å²) in [7, 11) is 0. The fourth-order valence-electron chi connectivity index (χ4n) is 7.93. The van der Waals surface area contributed by atoms with Gasteiger partial charge in [0.1, 0.15) is 0 Å². The van der Waals surface area contributed by atoms with Crippen molar-refractivity contribution in [2.24, 2.45) is 5.73 Å². The zero-order valence-corrected chi connectivity index (χ0v) is 29.8. The summed E-state index contributed by atoms with van der Waals surface area (Å²) < 4.78 is 0. The average molecular weight is 691 g/mol. The van der Waals surface area contributed by atoms with Crippen LogP contribution in [0.25, 0.3) is 66.1 Å². The van der Waals surface area contributed by atoms with Crippen LogP contribution in [0.15, 0.2) is 206 Å². The molecule has 2 nitrogen and oxygen atoms in total. The first-order valence-electron chi connectivity index (χ1n) is 18.4. The molecule has 0 bridgehead atoms. The van der Waals surface area contributed by atoms with E-state index in [1.807, 2.05) is 36.4 Å². The topological polar surface area (TPSA) is 49.9 Å². The highest BCUT2D eigenvalue weighted by Gasteiger charge is 2.22. The maximum absolute atomic E-state index is 9.41. The highest BCUT2D eigenvalue weighted by molar-refractivity contribution is 6.21. The van der Waals surface area contributed by atoms with E-state index in [9.17, 15) is 5.41 Å². The van der Waals surface area contributed by atoms with Crippen LogP contribution in [0.4, 0.5) is 0 Å². The number of rotatable bonds is 8. The van der Waals surface area contributed by atoms with E-state index in [0.717, 1.165) is 50.1 Å². The standard InChI is InChI=1S/C52H38N2/c53-51(38-23-11-4-12-24-38)47-30-29-39(35-17-5-1-6-18-35)34-48(47)52(54)42-32-40(36-19-7-2-8-20-36)31-41(33-42)50-45-27-15-13-25-43(45)49(37-21-9-3-10-22-37)44-26-14-16-28-46(44)50/h1-34,52-53H,54H2/t52-/m1/s1. The Morgan fingerprint density at radius 1 is 0.370 bits per heavy atom. The fraction of sp³-hybridized carbons (Fsp3) is 0.0192. The highest BCUT2D eigenvalue weighted by Crippen LogP contribution is 2.45. The Morgan fingerprint density at radius 2 is 0.796 bits per heavy atom. The van der Waals surface area contributed by atoms with Gasteiger partial charge in [0, 0.05) is 11.1 Å². The van der Waals surface area contributed by atoms with Crippen LogP contribution in [-0.4, -0.2) is 5.71 Å². The smallest absolute Gasteiger partial charge is 0.0688 e. The van der Waals surface area contributed by atoms with Crippen LogP contribution in [0.1, 0.15) is 28.3 Å². The lowest BCUT2D eigenvalue weighted by atomic mass is 9.83. The van der Waals surface area contributed by atoms with Gasteiger partial charge in [-0.15, -0.1) is 0 Å². The van der Waals surface area contributed by atoms with E-state index < -0.39 is 6.04 Å². The lowest BCUT2D eigenvalue weighted by molar-refractivity contribution is 0.870. The normalized spacial score (nSPS) is 11.8. The lowest BCUT2D eigenvalue weighted by Crippen LogP contribution is -2.17. The molecule has 0 heterocycles. The summed E-state index contributed by atoms with van der Waals surface area (Å²) in [4.78, 5) is 0. The van der Waals surface area contributed by atoms with Crippen molar-refractivity contribution in [3.8, 4) is 44.5 Å². The maximum atomic E-state index is 9.41. The van der Waals surface area contributed by atoms with Gasteiger partial charge in [-0.2, -0.15) is 0 Å². The van der Waals surface area contributed by atoms with E-state index in [4.69, 9.17) is 5.73 Å². The Morgan fingerprint density at radius 3 is 1.33 bits per heavy atom. The van der Waals surface area contributed by atoms with E-state index in [1.54, 1.807) is 0 Å². The van der Waals surface area contributed by atoms with Crippen LogP contribution in [0.2, 0.25) is 0 Å². The third-order valence-electron chi connectivity index (χ3n) is 10.5. The quantitative estimate of drug-likeness (QED) is 0.121. The molecule has 1 atom stereocenters. The van der Waals surface area contributed by atoms with Crippen molar-refractivity contribution in [1.29, 1.82) is 5.41 Å². The minimum Gasteiger partial charge on any atom is -0.320 e. The van der Waals surface area contributed by atoms with Gasteiger partial charge in [-0.05, 0) is 101 Å². The number of hydrogen-bond acceptors (Lipinski definition) is 2. The largest absolute Gasteiger partial charge is 0.320 e. The van der Waals surface area contributed by atoms with E-state index in [-0.39, 0.29) is 0 Å². The van der Waals surface area contributed by atoms with Crippen LogP contribution in [0.3, 0.4) is 0 Å². The van der Waals surface area contributed by atoms with Crippen molar-refractivity contribution in [2.75, 3.05) is 0 Å². The Bertz CT molecular complexity index is 2720. The van der Waals surface area contributed by atoms with Gasteiger partial charge in [-0.3, -0.25) is 5.41 Å². The first-order chi connectivity index (χ1) is 26.6. The summed E-state index contributed by atoms with van der Waals surface area (Å²) in [5.74, 6) is 0. The summed E-state index contributed by atoms with van der Waals surface area (Å²) >= 11 is 0. The van der Waals surface area contributed by atoms with Crippen LogP contribution in [-0.2, 0) is 0 Å². The van der Waals surface area contributed by atoms with Crippen molar-refractivity contribution in [3.63, 3.8) is 0 Å². The van der Waals surface area contributed by atoms with Crippen molar-refractivity contribution in [3.05, 3.63) is 229 Å². The molecule has 0 fully saturated rings. The molecule has 9 rings (SSSR count). The number of nitrogens with one attached hydrogen (secondary N) is 1. The molecule has 0 saturated carbocycles. The molecule has 0 saturated heterocycles. The van der Waals surface area contributed by atoms with Gasteiger partial charge in [-0.25, -0.2) is 0 Å². The number of nitrogens with two attached hydrogens (primary N) is 1. The molecule has 0 amide bonds. The first kappa shape index (κ1) is 33.0. The Balaban J connectivity index is 1.30. The lowest BCUT2D eigenvalue weighted by Gasteiger charge is -2.22. The molecule has 0 unspecified atom stereocenters. The third kappa shape index (κ3) is 6.09. The minimum absolute atomic E-state index is 0.452. The number of benzene rings is 9. The van der Waals surface area contributed by atoms with Gasteiger partial charge in [0.05, 0.1) is 11.8 Å². The predicted octanol–water partition coefficient (Wildman–Crippen LogP) is 13.1. The zero-order chi connectivity index (χ0) is 36.4. The molecule has 54 heavy (non-hydrogen) atoms. The molecule has 0 aliphatic carbocycles. The van der Waals surface area contributed by atoms with E-state index in [2.05, 4.69) is 170 Å². The third-order valence-corrected chi connectivity index (χ3v) is 10.5. The van der Waals surface area contributed by atoms with Crippen LogP contribution in [0, 0.1) is 5.41 Å². The van der Waals surface area contributed by atoms with E-state index in [1.165, 1.54) is 38.2 Å². The molecule has 0 aromatic heterocycles. The highest BCUT2D eigenvalue weighted by atomic mass is 14.6. The van der Waals surface area contributed by atoms with Gasteiger partial charge in [0.25, 0.3) is 0 Å². The summed E-state index contributed by atoms with van der Waals surface area (Å²) in [5.41, 5.74) is 20.7. The Kier molecular flexibility index (Phi) is 8.72. The zero-order valence-electron chi connectivity index (χ0n) is 29.8. The number of hydrogen-bond donors (Lipinski definition) is 2. The van der Waals surface area contributed by atoms with Gasteiger partial charge < -0.3 is 5.73 Å². The molecule has 3 N–H and O–H groups in total. The van der Waals surface area contributed by atoms with Gasteiger partial charge in [0.2, 0.25) is 0 Å². The molecule has 0 aliphatic rings. The van der Waals surface area contributed by atoms with Gasteiger partial charge in [0.15, 0.2) is 0 Å². The van der Waals surface area contributed by atoms with Crippen LogP contribution in [0.5, 0.6) is 0 Å². The summed E-state index contributed by atoms with van der Waals surface area (Å²) in [6.07, 6.45) is 0. The summed E-state index contributed by atoms with van der Waals surface area (Å²) in [6.45, 7) is 0. The van der Waals surface area contributed by atoms with Crippen molar-refractivity contribution in [2.45, 2.75) is 6.04 Å². The van der Waals surface area contributed by atoms with Crippen molar-refractivity contribution < 1.29 is 0 Å². The Hall–Kier alpha value is -6.87. The van der Waals surface area contributed by atoms with Gasteiger partial charge in [-0.1, -0.05) is 182 Å². The predicted molar refractivity (Wildman–Crippen MR) is 228 cm³/mol. The summed E-state index contributed by atoms with van der Waals surface area (Å²) in [5, 5.41) is 14.2. The molecular weight excluding hydrogens is 653 g/mol. The molecule has 256 valence electrons. The molecule has 9 aromatic carbocycles. The van der Waals surface area contributed by atoms with Crippen molar-refractivity contribution >= 4 is 27.3 Å². The molecule has 9 aromatic rings. The first-order valence-corrected chi connectivity index (χ1v) is 18.4. The second kappa shape index (κ2) is 14.3. The molecule has 0 radical (unpaired) electrons. The second-order valence-corrected chi connectivity index (χ2v) is 13.8. The summed E-state index contributed by atoms with van der Waals surface area (Å²) in [6, 6.07) is 71.8. The fourth-order valence-corrected chi connectivity index (χ4v) is 7.93. The molecule has 2 heteroatoms. The minimum atomic E-state index is -0.517. The molecule has 0 aliphatic heterocycles. The van der Waals surface area contributed by atoms with E-state index >= 15 is 0 Å². The van der Waals surface area contributed by atoms with Gasteiger partial charge >= 0.3 is 0 Å². The van der Waals surface area contributed by atoms with Crippen LogP contribution < -0.4 is 5.73 Å². The average Bonchev–Trinajstić information content (AvgIpc) is 3.25. The second-order valence-electron chi connectivity index (χ2n) is 13.8. The van der Waals surface area contributed by atoms with Crippen molar-refractivity contribution in [1.82, 2.24) is 0 Å². The molecular formula is C52H38N2. The Labute approximate surface area is 316 Å². The van der Waals surface area contributed by atoms with E-state index in [0.29, 0.717) is 5.71 Å². The number of fused-ring (bicyclic) bond motifs is 2. The molecule has 0 spiro atoms. The van der Waals surface area contributed by atoms with Crippen LogP contribution >= 0.6 is 0 Å². The maximum Gasteiger partial charge on any atom is 0.0688 e. The SMILES string of the molecule is N=C(c1ccccc1)c1ccc(-c2ccccc2)cc1[C@H](N)c1cc(-c2ccccc2)cc(-c2c3ccccc3c(-c3ccccc3)c3ccccc23)c1.